The number of hydrogen-bond acceptors (Lipinski definition) is 7. The van der Waals surface area contributed by atoms with Crippen LogP contribution >= 0.6 is 0 Å². The van der Waals surface area contributed by atoms with Crippen molar-refractivity contribution in [3.05, 3.63) is 95.6 Å². The predicted molar refractivity (Wildman–Crippen MR) is 113 cm³/mol. The standard InChI is InChI=1S/C23H18N4O4/c1-30-23(29)16-10-8-15(9-11-16)22(28)25-19-7-3-2-5-17(19)13-20-26-21(27-31-20)18-6-4-12-24-14-18/h2-12,14H,13H2,1H3,(H,25,28). The van der Waals surface area contributed by atoms with Crippen molar-refractivity contribution in [2.75, 3.05) is 12.4 Å². The SMILES string of the molecule is COC(=O)c1ccc(C(=O)Nc2ccccc2Cc2nc(-c3cccnc3)no2)cc1. The van der Waals surface area contributed by atoms with E-state index in [4.69, 9.17) is 4.52 Å². The van der Waals surface area contributed by atoms with Crippen molar-refractivity contribution in [3.8, 4) is 11.4 Å². The first-order valence-corrected chi connectivity index (χ1v) is 9.44. The number of carbonyl (C=O) groups excluding carboxylic acids is 2. The summed E-state index contributed by atoms with van der Waals surface area (Å²) in [5, 5.41) is 6.89. The number of nitrogens with zero attached hydrogens (tertiary/aromatic N) is 3. The monoisotopic (exact) mass is 414 g/mol. The molecule has 4 rings (SSSR count). The Morgan fingerprint density at radius 3 is 2.52 bits per heavy atom. The number of ether oxygens (including phenoxy) is 1. The number of para-hydroxylation sites is 1. The molecule has 0 radical (unpaired) electrons. The quantitative estimate of drug-likeness (QED) is 0.479. The van der Waals surface area contributed by atoms with Gasteiger partial charge in [0.2, 0.25) is 11.7 Å². The first kappa shape index (κ1) is 20.0. The Morgan fingerprint density at radius 2 is 1.77 bits per heavy atom. The third-order valence-corrected chi connectivity index (χ3v) is 4.56. The number of carbonyl (C=O) groups is 2. The molecule has 8 heteroatoms. The highest BCUT2D eigenvalue weighted by Crippen LogP contribution is 2.21. The molecule has 0 aliphatic rings. The Bertz CT molecular complexity index is 1200. The number of nitrogens with one attached hydrogen (secondary N) is 1. The topological polar surface area (TPSA) is 107 Å². The molecule has 8 nitrogen and oxygen atoms in total. The predicted octanol–water partition coefficient (Wildman–Crippen LogP) is 3.76. The average molecular weight is 414 g/mol. The molecule has 31 heavy (non-hydrogen) atoms. The van der Waals surface area contributed by atoms with Crippen molar-refractivity contribution in [3.63, 3.8) is 0 Å². The molecule has 2 heterocycles. The van der Waals surface area contributed by atoms with Gasteiger partial charge in [-0.15, -0.1) is 0 Å². The Labute approximate surface area is 177 Å². The molecule has 0 aliphatic heterocycles. The summed E-state index contributed by atoms with van der Waals surface area (Å²) in [6, 6.07) is 17.3. The second kappa shape index (κ2) is 9.00. The van der Waals surface area contributed by atoms with Crippen molar-refractivity contribution in [2.45, 2.75) is 6.42 Å². The maximum absolute atomic E-state index is 12.7. The number of hydrogen-bond donors (Lipinski definition) is 1. The number of benzene rings is 2. The fourth-order valence-corrected chi connectivity index (χ4v) is 2.97. The fourth-order valence-electron chi connectivity index (χ4n) is 2.97. The molecule has 0 spiro atoms. The minimum absolute atomic E-state index is 0.301. The number of aromatic nitrogens is 3. The lowest BCUT2D eigenvalue weighted by atomic mass is 10.1. The highest BCUT2D eigenvalue weighted by Gasteiger charge is 2.14. The number of amides is 1. The van der Waals surface area contributed by atoms with E-state index in [1.165, 1.54) is 7.11 Å². The first-order valence-electron chi connectivity index (χ1n) is 9.44. The van der Waals surface area contributed by atoms with Gasteiger partial charge in [-0.3, -0.25) is 9.78 Å². The van der Waals surface area contributed by atoms with Crippen molar-refractivity contribution in [1.29, 1.82) is 0 Å². The normalized spacial score (nSPS) is 10.5. The zero-order valence-electron chi connectivity index (χ0n) is 16.6. The van der Waals surface area contributed by atoms with Crippen LogP contribution in [-0.4, -0.2) is 34.1 Å². The summed E-state index contributed by atoms with van der Waals surface area (Å²) < 4.78 is 10.0. The molecule has 0 unspecified atom stereocenters. The van der Waals surface area contributed by atoms with E-state index in [1.807, 2.05) is 24.3 Å². The maximum Gasteiger partial charge on any atom is 0.337 e. The largest absolute Gasteiger partial charge is 0.465 e. The van der Waals surface area contributed by atoms with Gasteiger partial charge in [-0.1, -0.05) is 23.4 Å². The molecule has 1 N–H and O–H groups in total. The highest BCUT2D eigenvalue weighted by molar-refractivity contribution is 6.05. The van der Waals surface area contributed by atoms with Crippen molar-refractivity contribution < 1.29 is 18.8 Å². The van der Waals surface area contributed by atoms with Crippen molar-refractivity contribution in [1.82, 2.24) is 15.1 Å². The number of pyridine rings is 1. The van der Waals surface area contributed by atoms with Gasteiger partial charge in [-0.05, 0) is 48.0 Å². The molecule has 0 fully saturated rings. The van der Waals surface area contributed by atoms with Crippen LogP contribution < -0.4 is 5.32 Å². The number of esters is 1. The zero-order valence-corrected chi connectivity index (χ0v) is 16.6. The van der Waals surface area contributed by atoms with Crippen LogP contribution in [-0.2, 0) is 11.2 Å². The van der Waals surface area contributed by atoms with Crippen LogP contribution in [0.4, 0.5) is 5.69 Å². The molecule has 0 atom stereocenters. The van der Waals surface area contributed by atoms with Gasteiger partial charge in [0.25, 0.3) is 5.91 Å². The van der Waals surface area contributed by atoms with Crippen molar-refractivity contribution >= 4 is 17.6 Å². The van der Waals surface area contributed by atoms with Crippen LogP contribution in [0.15, 0.2) is 77.6 Å². The lowest BCUT2D eigenvalue weighted by molar-refractivity contribution is 0.0600. The number of rotatable bonds is 6. The second-order valence-corrected chi connectivity index (χ2v) is 6.61. The van der Waals surface area contributed by atoms with E-state index >= 15 is 0 Å². The Kier molecular flexibility index (Phi) is 5.79. The summed E-state index contributed by atoms with van der Waals surface area (Å²) in [5.41, 5.74) is 3.00. The van der Waals surface area contributed by atoms with Crippen LogP contribution in [0.25, 0.3) is 11.4 Å². The molecular formula is C23H18N4O4. The number of anilines is 1. The minimum Gasteiger partial charge on any atom is -0.465 e. The molecule has 2 aromatic carbocycles. The van der Waals surface area contributed by atoms with E-state index in [2.05, 4.69) is 25.2 Å². The van der Waals surface area contributed by atoms with Crippen LogP contribution in [0.1, 0.15) is 32.2 Å². The van der Waals surface area contributed by atoms with Crippen LogP contribution in [0.3, 0.4) is 0 Å². The van der Waals surface area contributed by atoms with Gasteiger partial charge in [-0.25, -0.2) is 4.79 Å². The molecule has 0 saturated heterocycles. The van der Waals surface area contributed by atoms with Crippen molar-refractivity contribution in [2.24, 2.45) is 0 Å². The number of methoxy groups -OCH3 is 1. The summed E-state index contributed by atoms with van der Waals surface area (Å²) in [5.74, 6) is 0.117. The molecule has 0 aliphatic carbocycles. The van der Waals surface area contributed by atoms with Crippen LogP contribution in [0, 0.1) is 0 Å². The van der Waals surface area contributed by atoms with E-state index in [-0.39, 0.29) is 5.91 Å². The summed E-state index contributed by atoms with van der Waals surface area (Å²) in [6.07, 6.45) is 3.69. The molecule has 4 aromatic rings. The molecule has 0 bridgehead atoms. The second-order valence-electron chi connectivity index (χ2n) is 6.61. The van der Waals surface area contributed by atoms with Gasteiger partial charge in [0.15, 0.2) is 0 Å². The summed E-state index contributed by atoms with van der Waals surface area (Å²) >= 11 is 0. The molecule has 1 amide bonds. The molecular weight excluding hydrogens is 396 g/mol. The van der Waals surface area contributed by atoms with Gasteiger partial charge in [0.1, 0.15) is 0 Å². The van der Waals surface area contributed by atoms with E-state index in [0.717, 1.165) is 11.1 Å². The maximum atomic E-state index is 12.7. The zero-order chi connectivity index (χ0) is 21.6. The van der Waals surface area contributed by atoms with Gasteiger partial charge in [-0.2, -0.15) is 4.98 Å². The van der Waals surface area contributed by atoms with E-state index in [9.17, 15) is 9.59 Å². The lowest BCUT2D eigenvalue weighted by Gasteiger charge is -2.10. The van der Waals surface area contributed by atoms with E-state index in [0.29, 0.717) is 35.0 Å². The summed E-state index contributed by atoms with van der Waals surface area (Å²) in [6.45, 7) is 0. The minimum atomic E-state index is -0.456. The van der Waals surface area contributed by atoms with Gasteiger partial charge in [0.05, 0.1) is 19.1 Å². The van der Waals surface area contributed by atoms with Gasteiger partial charge in [0, 0.05) is 29.2 Å². The fraction of sp³-hybridized carbons (Fsp3) is 0.0870. The summed E-state index contributed by atoms with van der Waals surface area (Å²) in [4.78, 5) is 32.7. The third kappa shape index (κ3) is 4.64. The molecule has 154 valence electrons. The highest BCUT2D eigenvalue weighted by atomic mass is 16.5. The smallest absolute Gasteiger partial charge is 0.337 e. The van der Waals surface area contributed by atoms with Crippen LogP contribution in [0.5, 0.6) is 0 Å². The Hall–Kier alpha value is -4.33. The Balaban J connectivity index is 1.49. The van der Waals surface area contributed by atoms with E-state index in [1.54, 1.807) is 48.8 Å². The summed E-state index contributed by atoms with van der Waals surface area (Å²) in [7, 11) is 1.31. The van der Waals surface area contributed by atoms with Gasteiger partial charge < -0.3 is 14.6 Å². The molecule has 0 saturated carbocycles. The van der Waals surface area contributed by atoms with Crippen LogP contribution in [0.2, 0.25) is 0 Å². The van der Waals surface area contributed by atoms with Gasteiger partial charge >= 0.3 is 5.97 Å². The third-order valence-electron chi connectivity index (χ3n) is 4.56. The average Bonchev–Trinajstić information content (AvgIpc) is 3.29. The van der Waals surface area contributed by atoms with E-state index < -0.39 is 5.97 Å². The lowest BCUT2D eigenvalue weighted by Crippen LogP contribution is -2.14. The Morgan fingerprint density at radius 1 is 1.00 bits per heavy atom. The molecule has 2 aromatic heterocycles. The first-order chi connectivity index (χ1) is 15.1.